The van der Waals surface area contributed by atoms with Crippen LogP contribution in [0.4, 0.5) is 34.1 Å². The van der Waals surface area contributed by atoms with Gasteiger partial charge in [0.2, 0.25) is 0 Å². The molecule has 0 bridgehead atoms. The van der Waals surface area contributed by atoms with Crippen molar-refractivity contribution in [1.29, 1.82) is 0 Å². The van der Waals surface area contributed by atoms with Gasteiger partial charge in [0.05, 0.1) is 23.8 Å². The number of hydrogen-bond acceptors (Lipinski definition) is 6. The van der Waals surface area contributed by atoms with Crippen LogP contribution in [0.25, 0.3) is 65.3 Å². The first-order valence-corrected chi connectivity index (χ1v) is 20.0. The van der Waals surface area contributed by atoms with Gasteiger partial charge in [0.25, 0.3) is 0 Å². The van der Waals surface area contributed by atoms with Crippen molar-refractivity contribution < 1.29 is 0 Å². The van der Waals surface area contributed by atoms with Crippen molar-refractivity contribution in [3.63, 3.8) is 0 Å². The zero-order valence-electron chi connectivity index (χ0n) is 32.5. The number of benzene rings is 7. The van der Waals surface area contributed by atoms with E-state index in [2.05, 4.69) is 163 Å². The monoisotopic (exact) mass is 768 g/mol. The molecule has 0 fully saturated rings. The molecule has 0 unspecified atom stereocenters. The molecule has 6 heteroatoms. The van der Waals surface area contributed by atoms with Crippen molar-refractivity contribution in [3.8, 4) is 22.3 Å². The fourth-order valence-electron chi connectivity index (χ4n) is 8.65. The minimum absolute atomic E-state index is 0.960. The number of hydrogen-bond donors (Lipinski definition) is 0. The Morgan fingerprint density at radius 3 is 1.12 bits per heavy atom. The van der Waals surface area contributed by atoms with Gasteiger partial charge in [-0.1, -0.05) is 84.9 Å². The Labute approximate surface area is 347 Å². The van der Waals surface area contributed by atoms with Crippen molar-refractivity contribution in [1.82, 2.24) is 19.9 Å². The summed E-state index contributed by atoms with van der Waals surface area (Å²) in [5.74, 6) is 0. The molecule has 0 N–H and O–H groups in total. The van der Waals surface area contributed by atoms with E-state index in [4.69, 9.17) is 0 Å². The van der Waals surface area contributed by atoms with E-state index in [1.807, 2.05) is 86.0 Å². The molecule has 0 saturated heterocycles. The van der Waals surface area contributed by atoms with Gasteiger partial charge in [0.15, 0.2) is 0 Å². The van der Waals surface area contributed by atoms with Crippen LogP contribution in [0.3, 0.4) is 0 Å². The first-order valence-electron chi connectivity index (χ1n) is 20.0. The minimum Gasteiger partial charge on any atom is -0.309 e. The second-order valence-corrected chi connectivity index (χ2v) is 14.8. The van der Waals surface area contributed by atoms with E-state index < -0.39 is 0 Å². The molecule has 0 radical (unpaired) electrons. The van der Waals surface area contributed by atoms with Gasteiger partial charge < -0.3 is 9.80 Å². The van der Waals surface area contributed by atoms with E-state index in [1.165, 1.54) is 32.7 Å². The molecule has 0 atom stereocenters. The third-order valence-electron chi connectivity index (χ3n) is 11.3. The number of fused-ring (bicyclic) bond motifs is 4. The molecular weight excluding hydrogens is 733 g/mol. The van der Waals surface area contributed by atoms with Crippen LogP contribution in [-0.2, 0) is 0 Å². The fraction of sp³-hybridized carbons (Fsp3) is 0. The van der Waals surface area contributed by atoms with Gasteiger partial charge in [-0.05, 0) is 150 Å². The van der Waals surface area contributed by atoms with Gasteiger partial charge in [0.1, 0.15) is 0 Å². The lowest BCUT2D eigenvalue weighted by Crippen LogP contribution is -2.10. The largest absolute Gasteiger partial charge is 0.309 e. The molecule has 0 aliphatic heterocycles. The highest BCUT2D eigenvalue weighted by Crippen LogP contribution is 2.48. The van der Waals surface area contributed by atoms with Crippen LogP contribution in [0.1, 0.15) is 0 Å². The molecule has 60 heavy (non-hydrogen) atoms. The van der Waals surface area contributed by atoms with Crippen molar-refractivity contribution in [2.45, 2.75) is 0 Å². The van der Waals surface area contributed by atoms with Crippen molar-refractivity contribution in [2.75, 3.05) is 9.80 Å². The van der Waals surface area contributed by atoms with Crippen LogP contribution in [0.5, 0.6) is 0 Å². The van der Waals surface area contributed by atoms with E-state index in [0.29, 0.717) is 0 Å². The summed E-state index contributed by atoms with van der Waals surface area (Å²) in [7, 11) is 0. The lowest BCUT2D eigenvalue weighted by atomic mass is 9.84. The molecule has 4 aromatic heterocycles. The van der Waals surface area contributed by atoms with Crippen LogP contribution >= 0.6 is 0 Å². The molecule has 0 saturated carbocycles. The van der Waals surface area contributed by atoms with Gasteiger partial charge in [0, 0.05) is 59.9 Å². The maximum Gasteiger partial charge on any atom is 0.0644 e. The zero-order chi connectivity index (χ0) is 39.8. The number of rotatable bonds is 8. The molecule has 6 nitrogen and oxygen atoms in total. The molecule has 282 valence electrons. The van der Waals surface area contributed by atoms with Crippen LogP contribution in [-0.4, -0.2) is 19.9 Å². The second kappa shape index (κ2) is 14.9. The quantitative estimate of drug-likeness (QED) is 0.144. The highest BCUT2D eigenvalue weighted by molar-refractivity contribution is 6.23. The summed E-state index contributed by atoms with van der Waals surface area (Å²) in [5, 5.41) is 9.39. The number of nitrogens with zero attached hydrogens (tertiary/aromatic N) is 6. The lowest BCUT2D eigenvalue weighted by molar-refractivity contribution is 1.21. The lowest BCUT2D eigenvalue weighted by Gasteiger charge is -2.27. The van der Waals surface area contributed by atoms with Gasteiger partial charge in [-0.15, -0.1) is 0 Å². The highest BCUT2D eigenvalue weighted by atomic mass is 15.2. The van der Waals surface area contributed by atoms with Crippen molar-refractivity contribution >= 4 is 77.2 Å². The van der Waals surface area contributed by atoms with Crippen LogP contribution in [0.2, 0.25) is 0 Å². The SMILES string of the molecule is c1cncc(N(c2ccncc2)c2ccc3c(-c4ccc5ccccc5c4)c4cc(N(c5ccncc5)c5cccnc5)ccc4c(-c4ccc5ccccc5c4)c3c2)c1. The summed E-state index contributed by atoms with van der Waals surface area (Å²) in [4.78, 5) is 22.3. The summed E-state index contributed by atoms with van der Waals surface area (Å²) in [6, 6.07) is 61.0. The first kappa shape index (κ1) is 35.0. The number of aromatic nitrogens is 4. The maximum atomic E-state index is 4.53. The molecular formula is C54H36N6. The molecule has 0 spiro atoms. The van der Waals surface area contributed by atoms with Gasteiger partial charge >= 0.3 is 0 Å². The smallest absolute Gasteiger partial charge is 0.0644 e. The highest BCUT2D eigenvalue weighted by Gasteiger charge is 2.22. The Balaban J connectivity index is 1.27. The molecule has 4 heterocycles. The Morgan fingerprint density at radius 1 is 0.267 bits per heavy atom. The predicted molar refractivity (Wildman–Crippen MR) is 248 cm³/mol. The summed E-state index contributed by atoms with van der Waals surface area (Å²) >= 11 is 0. The third kappa shape index (κ3) is 6.24. The minimum atomic E-state index is 0.960. The van der Waals surface area contributed by atoms with Crippen LogP contribution < -0.4 is 9.80 Å². The fourth-order valence-corrected chi connectivity index (χ4v) is 8.65. The zero-order valence-corrected chi connectivity index (χ0v) is 32.5. The standard InChI is InChI=1S/C54H36N6/c1-3-9-39-31-41(15-13-37(39)7-1)53-49-19-17-46(60(44-23-29-56-30-24-44)48-12-6-26-58-36-48)34-52(49)54(42-16-14-38-8-2-4-10-40(38)32-42)50-20-18-45(33-51(50)53)59(43-21-27-55-28-22-43)47-11-5-25-57-35-47/h1-36H. The van der Waals surface area contributed by atoms with Gasteiger partial charge in [-0.3, -0.25) is 19.9 Å². The molecule has 7 aromatic carbocycles. The van der Waals surface area contributed by atoms with Crippen LogP contribution in [0.15, 0.2) is 219 Å². The topological polar surface area (TPSA) is 58.0 Å². The Morgan fingerprint density at radius 2 is 0.700 bits per heavy atom. The average Bonchev–Trinajstić information content (AvgIpc) is 3.32. The van der Waals surface area contributed by atoms with Gasteiger partial charge in [-0.2, -0.15) is 0 Å². The number of pyridine rings is 4. The Kier molecular flexibility index (Phi) is 8.71. The van der Waals surface area contributed by atoms with Crippen LogP contribution in [0, 0.1) is 0 Å². The van der Waals surface area contributed by atoms with E-state index in [-0.39, 0.29) is 0 Å². The van der Waals surface area contributed by atoms with E-state index >= 15 is 0 Å². The average molecular weight is 769 g/mol. The van der Waals surface area contributed by atoms with E-state index in [0.717, 1.165) is 66.8 Å². The maximum absolute atomic E-state index is 4.53. The summed E-state index contributed by atoms with van der Waals surface area (Å²) in [5.41, 5.74) is 10.6. The first-order chi connectivity index (χ1) is 29.8. The normalized spacial score (nSPS) is 11.3. The van der Waals surface area contributed by atoms with Crippen molar-refractivity contribution in [3.05, 3.63) is 219 Å². The van der Waals surface area contributed by atoms with Gasteiger partial charge in [-0.25, -0.2) is 0 Å². The van der Waals surface area contributed by atoms with E-state index in [9.17, 15) is 0 Å². The molecule has 0 aliphatic rings. The number of anilines is 6. The molecule has 11 aromatic rings. The molecule has 0 aliphatic carbocycles. The van der Waals surface area contributed by atoms with E-state index in [1.54, 1.807) is 0 Å². The van der Waals surface area contributed by atoms with Crippen molar-refractivity contribution in [2.24, 2.45) is 0 Å². The third-order valence-corrected chi connectivity index (χ3v) is 11.3. The molecule has 11 rings (SSSR count). The summed E-state index contributed by atoms with van der Waals surface area (Å²) < 4.78 is 0. The Bertz CT molecular complexity index is 3020. The Hall–Kier alpha value is -8.22. The predicted octanol–water partition coefficient (Wildman–Crippen LogP) is 14.2. The second-order valence-electron chi connectivity index (χ2n) is 14.8. The summed E-state index contributed by atoms with van der Waals surface area (Å²) in [6.07, 6.45) is 14.8. The summed E-state index contributed by atoms with van der Waals surface area (Å²) in [6.45, 7) is 0. The molecule has 0 amide bonds.